The van der Waals surface area contributed by atoms with Crippen LogP contribution in [0, 0.1) is 11.3 Å². The average molecular weight is 277 g/mol. The molecule has 1 aliphatic rings. The Morgan fingerprint density at radius 2 is 1.55 bits per heavy atom. The zero-order chi connectivity index (χ0) is 14.8. The van der Waals surface area contributed by atoms with Gasteiger partial charge in [0.1, 0.15) is 11.5 Å². The van der Waals surface area contributed by atoms with Crippen LogP contribution in [0.4, 0.5) is 0 Å². The van der Waals surface area contributed by atoms with Gasteiger partial charge in [-0.2, -0.15) is 0 Å². The van der Waals surface area contributed by atoms with Gasteiger partial charge in [0.25, 0.3) is 0 Å². The molecule has 0 heterocycles. The van der Waals surface area contributed by atoms with E-state index < -0.39 is 0 Å². The summed E-state index contributed by atoms with van der Waals surface area (Å²) in [7, 11) is 3.35. The third-order valence-corrected chi connectivity index (χ3v) is 4.65. The number of hydrogen-bond donors (Lipinski definition) is 1. The Morgan fingerprint density at radius 3 is 2.00 bits per heavy atom. The minimum atomic E-state index is 0.0649. The van der Waals surface area contributed by atoms with Crippen molar-refractivity contribution in [3.8, 4) is 11.5 Å². The lowest BCUT2D eigenvalue weighted by Crippen LogP contribution is -2.29. The Labute approximate surface area is 122 Å². The lowest BCUT2D eigenvalue weighted by molar-refractivity contribution is 0.173. The molecule has 1 saturated carbocycles. The van der Waals surface area contributed by atoms with E-state index in [4.69, 9.17) is 15.2 Å². The molecule has 2 N–H and O–H groups in total. The maximum Gasteiger partial charge on any atom is 0.122 e. The highest BCUT2D eigenvalue weighted by Gasteiger charge is 2.30. The molecular weight excluding hydrogens is 250 g/mol. The van der Waals surface area contributed by atoms with Gasteiger partial charge >= 0.3 is 0 Å². The van der Waals surface area contributed by atoms with Crippen LogP contribution in [0.25, 0.3) is 0 Å². The minimum absolute atomic E-state index is 0.0649. The zero-order valence-electron chi connectivity index (χ0n) is 13.1. The van der Waals surface area contributed by atoms with Gasteiger partial charge in [-0.1, -0.05) is 13.8 Å². The van der Waals surface area contributed by atoms with Gasteiger partial charge in [0, 0.05) is 12.1 Å². The Kier molecular flexibility index (Phi) is 4.59. The standard InChI is InChI=1S/C17H27NO2/c1-17(2)7-5-12(6-8-17)16(18)13-9-14(19-3)11-15(10-13)20-4/h9-12,16H,5-8,18H2,1-4H3. The van der Waals surface area contributed by atoms with Gasteiger partial charge < -0.3 is 15.2 Å². The zero-order valence-corrected chi connectivity index (χ0v) is 13.1. The second kappa shape index (κ2) is 6.04. The molecule has 1 unspecified atom stereocenters. The fraction of sp³-hybridized carbons (Fsp3) is 0.647. The molecule has 1 aromatic rings. The summed E-state index contributed by atoms with van der Waals surface area (Å²) >= 11 is 0. The van der Waals surface area contributed by atoms with E-state index in [2.05, 4.69) is 13.8 Å². The summed E-state index contributed by atoms with van der Waals surface area (Å²) in [6.45, 7) is 4.70. The molecule has 20 heavy (non-hydrogen) atoms. The number of rotatable bonds is 4. The molecule has 1 atom stereocenters. The molecule has 0 aliphatic heterocycles. The highest BCUT2D eigenvalue weighted by atomic mass is 16.5. The van der Waals surface area contributed by atoms with Crippen molar-refractivity contribution in [1.29, 1.82) is 0 Å². The number of hydrogen-bond acceptors (Lipinski definition) is 3. The summed E-state index contributed by atoms with van der Waals surface area (Å²) in [5, 5.41) is 0. The van der Waals surface area contributed by atoms with Crippen LogP contribution in [0.2, 0.25) is 0 Å². The van der Waals surface area contributed by atoms with Crippen LogP contribution in [0.3, 0.4) is 0 Å². The first-order valence-electron chi connectivity index (χ1n) is 7.44. The van der Waals surface area contributed by atoms with Crippen LogP contribution < -0.4 is 15.2 Å². The van der Waals surface area contributed by atoms with E-state index in [0.29, 0.717) is 11.3 Å². The Hall–Kier alpha value is -1.22. The predicted molar refractivity (Wildman–Crippen MR) is 82.2 cm³/mol. The normalized spacial score (nSPS) is 20.4. The summed E-state index contributed by atoms with van der Waals surface area (Å²) < 4.78 is 10.7. The van der Waals surface area contributed by atoms with E-state index in [1.165, 1.54) is 25.7 Å². The van der Waals surface area contributed by atoms with Gasteiger partial charge in [0.2, 0.25) is 0 Å². The highest BCUT2D eigenvalue weighted by molar-refractivity contribution is 5.40. The molecular formula is C17H27NO2. The largest absolute Gasteiger partial charge is 0.497 e. The first kappa shape index (κ1) is 15.2. The summed E-state index contributed by atoms with van der Waals surface area (Å²) in [6.07, 6.45) is 4.92. The van der Waals surface area contributed by atoms with Gasteiger partial charge in [-0.15, -0.1) is 0 Å². The molecule has 112 valence electrons. The second-order valence-electron chi connectivity index (χ2n) is 6.67. The van der Waals surface area contributed by atoms with Gasteiger partial charge in [0.15, 0.2) is 0 Å². The highest BCUT2D eigenvalue weighted by Crippen LogP contribution is 2.42. The summed E-state index contributed by atoms with van der Waals surface area (Å²) in [6, 6.07) is 6.02. The lowest BCUT2D eigenvalue weighted by atomic mass is 9.70. The van der Waals surface area contributed by atoms with Gasteiger partial charge in [-0.05, 0) is 54.7 Å². The van der Waals surface area contributed by atoms with Crippen LogP contribution >= 0.6 is 0 Å². The van der Waals surface area contributed by atoms with Crippen molar-refractivity contribution < 1.29 is 9.47 Å². The fourth-order valence-electron chi connectivity index (χ4n) is 3.07. The number of ether oxygens (including phenoxy) is 2. The molecule has 0 aromatic heterocycles. The summed E-state index contributed by atoms with van der Waals surface area (Å²) in [4.78, 5) is 0. The molecule has 0 spiro atoms. The molecule has 2 rings (SSSR count). The monoisotopic (exact) mass is 277 g/mol. The average Bonchev–Trinajstić information content (AvgIpc) is 2.46. The lowest BCUT2D eigenvalue weighted by Gasteiger charge is -2.37. The van der Waals surface area contributed by atoms with Crippen molar-refractivity contribution >= 4 is 0 Å². The van der Waals surface area contributed by atoms with Crippen molar-refractivity contribution in [2.24, 2.45) is 17.1 Å². The summed E-state index contributed by atoms with van der Waals surface area (Å²) in [5.41, 5.74) is 8.09. The van der Waals surface area contributed by atoms with Crippen molar-refractivity contribution in [2.75, 3.05) is 14.2 Å². The fourth-order valence-corrected chi connectivity index (χ4v) is 3.07. The van der Waals surface area contributed by atoms with Gasteiger partial charge in [-0.25, -0.2) is 0 Å². The molecule has 1 aliphatic carbocycles. The first-order chi connectivity index (χ1) is 9.45. The van der Waals surface area contributed by atoms with Gasteiger partial charge in [0.05, 0.1) is 14.2 Å². The summed E-state index contributed by atoms with van der Waals surface area (Å²) in [5.74, 6) is 2.18. The molecule has 0 bridgehead atoms. The first-order valence-corrected chi connectivity index (χ1v) is 7.44. The number of benzene rings is 1. The Balaban J connectivity index is 2.14. The van der Waals surface area contributed by atoms with Crippen LogP contribution in [-0.4, -0.2) is 14.2 Å². The van der Waals surface area contributed by atoms with Crippen molar-refractivity contribution in [1.82, 2.24) is 0 Å². The van der Waals surface area contributed by atoms with Crippen LogP contribution in [0.15, 0.2) is 18.2 Å². The van der Waals surface area contributed by atoms with Crippen molar-refractivity contribution in [3.63, 3.8) is 0 Å². The second-order valence-corrected chi connectivity index (χ2v) is 6.67. The van der Waals surface area contributed by atoms with E-state index in [-0.39, 0.29) is 6.04 Å². The molecule has 3 heteroatoms. The SMILES string of the molecule is COc1cc(OC)cc(C(N)C2CCC(C)(C)CC2)c1. The van der Waals surface area contributed by atoms with Gasteiger partial charge in [-0.3, -0.25) is 0 Å². The smallest absolute Gasteiger partial charge is 0.122 e. The van der Waals surface area contributed by atoms with Crippen molar-refractivity contribution in [2.45, 2.75) is 45.6 Å². The third-order valence-electron chi connectivity index (χ3n) is 4.65. The predicted octanol–water partition coefficient (Wildman–Crippen LogP) is 3.92. The molecule has 1 fully saturated rings. The van der Waals surface area contributed by atoms with E-state index in [1.54, 1.807) is 14.2 Å². The van der Waals surface area contributed by atoms with E-state index >= 15 is 0 Å². The van der Waals surface area contributed by atoms with Crippen molar-refractivity contribution in [3.05, 3.63) is 23.8 Å². The van der Waals surface area contributed by atoms with E-state index in [9.17, 15) is 0 Å². The third kappa shape index (κ3) is 3.45. The number of nitrogens with two attached hydrogens (primary N) is 1. The van der Waals surface area contributed by atoms with E-state index in [0.717, 1.165) is 17.1 Å². The molecule has 3 nitrogen and oxygen atoms in total. The molecule has 0 amide bonds. The molecule has 0 radical (unpaired) electrons. The van der Waals surface area contributed by atoms with Crippen LogP contribution in [0.1, 0.15) is 51.1 Å². The van der Waals surface area contributed by atoms with Crippen LogP contribution in [0.5, 0.6) is 11.5 Å². The maximum absolute atomic E-state index is 6.49. The number of methoxy groups -OCH3 is 2. The Morgan fingerprint density at radius 1 is 1.05 bits per heavy atom. The molecule has 0 saturated heterocycles. The minimum Gasteiger partial charge on any atom is -0.497 e. The van der Waals surface area contributed by atoms with Crippen LogP contribution in [-0.2, 0) is 0 Å². The van der Waals surface area contributed by atoms with E-state index in [1.807, 2.05) is 18.2 Å². The molecule has 1 aromatic carbocycles. The Bertz CT molecular complexity index is 424. The topological polar surface area (TPSA) is 44.5 Å². The maximum atomic E-state index is 6.49. The quantitative estimate of drug-likeness (QED) is 0.907.